The first kappa shape index (κ1) is 21.3. The normalized spacial score (nSPS) is 27.7. The third-order valence-electron chi connectivity index (χ3n) is 5.99. The number of hydrogen-bond acceptors (Lipinski definition) is 5. The molecule has 1 aromatic heterocycles. The third kappa shape index (κ3) is 3.62. The largest absolute Gasteiger partial charge is 0.497 e. The van der Waals surface area contributed by atoms with E-state index in [0.29, 0.717) is 12.2 Å². The molecule has 0 bridgehead atoms. The smallest absolute Gasteiger partial charge is 0.333 e. The van der Waals surface area contributed by atoms with Crippen LogP contribution in [0.5, 0.6) is 5.75 Å². The van der Waals surface area contributed by atoms with Crippen LogP contribution < -0.4 is 16.0 Å². The molecule has 0 saturated carbocycles. The molecule has 29 heavy (non-hydrogen) atoms. The Bertz CT molecular complexity index is 968. The Kier molecular flexibility index (Phi) is 5.95. The Morgan fingerprint density at radius 2 is 1.93 bits per heavy atom. The molecular weight excluding hydrogens is 379 g/mol. The Labute approximate surface area is 168 Å². The highest BCUT2D eigenvalue weighted by molar-refractivity contribution is 5.27. The van der Waals surface area contributed by atoms with Gasteiger partial charge in [0.15, 0.2) is 12.4 Å². The van der Waals surface area contributed by atoms with Crippen molar-refractivity contribution in [2.75, 3.05) is 7.11 Å². The van der Waals surface area contributed by atoms with E-state index in [4.69, 9.17) is 9.47 Å². The average molecular weight is 406 g/mol. The van der Waals surface area contributed by atoms with Gasteiger partial charge in [-0.3, -0.25) is 13.9 Å². The summed E-state index contributed by atoms with van der Waals surface area (Å²) in [5.41, 5.74) is -1.51. The lowest BCUT2D eigenvalue weighted by atomic mass is 9.81. The molecule has 5 atom stereocenters. The molecule has 1 aliphatic heterocycles. The molecule has 1 saturated heterocycles. The number of hydrogen-bond donors (Lipinski definition) is 1. The summed E-state index contributed by atoms with van der Waals surface area (Å²) in [4.78, 5) is 25.3. The summed E-state index contributed by atoms with van der Waals surface area (Å²) in [5, 5.41) is 10.2. The van der Waals surface area contributed by atoms with Crippen molar-refractivity contribution in [3.63, 3.8) is 0 Å². The molecule has 3 rings (SSSR count). The van der Waals surface area contributed by atoms with E-state index in [1.165, 1.54) is 12.3 Å². The lowest BCUT2D eigenvalue weighted by Crippen LogP contribution is -2.45. The van der Waals surface area contributed by atoms with Crippen molar-refractivity contribution in [3.05, 3.63) is 62.9 Å². The number of aromatic nitrogens is 2. The maximum absolute atomic E-state index is 15.1. The first-order chi connectivity index (χ1) is 13.7. The summed E-state index contributed by atoms with van der Waals surface area (Å²) in [6.07, 6.45) is -1.98. The molecule has 0 aliphatic carbocycles. The molecule has 2 aromatic rings. The van der Waals surface area contributed by atoms with Gasteiger partial charge in [-0.25, -0.2) is 9.18 Å². The SMILES string of the molecule is CC[C@@]1(C(C)O)O[C@@H](n2ccc(=O)n(Cc3ccc(OC)cc3)c2=O)[C@H](F)[C@@H]1C. The summed E-state index contributed by atoms with van der Waals surface area (Å²) >= 11 is 0. The molecule has 8 heteroatoms. The number of rotatable bonds is 6. The lowest BCUT2D eigenvalue weighted by Gasteiger charge is -2.34. The predicted molar refractivity (Wildman–Crippen MR) is 106 cm³/mol. The van der Waals surface area contributed by atoms with E-state index < -0.39 is 41.3 Å². The standard InChI is InChI=1S/C21H27FN2O5/c1-5-21(14(3)25)13(2)18(22)19(29-21)23-11-10-17(26)24(20(23)27)12-15-6-8-16(28-4)9-7-15/h6-11,13-14,18-19,25H,5,12H2,1-4H3/t13-,14?,18+,19+,21+/m0/s1. The van der Waals surface area contributed by atoms with Crippen LogP contribution in [0.15, 0.2) is 46.1 Å². The van der Waals surface area contributed by atoms with Gasteiger partial charge in [-0.15, -0.1) is 0 Å². The van der Waals surface area contributed by atoms with Gasteiger partial charge in [0.2, 0.25) is 0 Å². The molecule has 1 N–H and O–H groups in total. The van der Waals surface area contributed by atoms with E-state index in [-0.39, 0.29) is 6.54 Å². The van der Waals surface area contributed by atoms with E-state index in [1.807, 2.05) is 6.92 Å². The number of methoxy groups -OCH3 is 1. The predicted octanol–water partition coefficient (Wildman–Crippen LogP) is 2.10. The maximum atomic E-state index is 15.1. The molecule has 1 unspecified atom stereocenters. The van der Waals surface area contributed by atoms with Gasteiger partial charge in [0.1, 0.15) is 11.4 Å². The van der Waals surface area contributed by atoms with Crippen LogP contribution in [-0.4, -0.2) is 39.2 Å². The third-order valence-corrected chi connectivity index (χ3v) is 5.99. The quantitative estimate of drug-likeness (QED) is 0.795. The van der Waals surface area contributed by atoms with Gasteiger partial charge in [0, 0.05) is 18.2 Å². The van der Waals surface area contributed by atoms with E-state index in [2.05, 4.69) is 0 Å². The minimum Gasteiger partial charge on any atom is -0.497 e. The Balaban J connectivity index is 1.98. The van der Waals surface area contributed by atoms with Gasteiger partial charge in [0.25, 0.3) is 5.56 Å². The molecule has 2 heterocycles. The molecule has 1 fully saturated rings. The molecule has 0 spiro atoms. The molecule has 0 radical (unpaired) electrons. The van der Waals surface area contributed by atoms with Gasteiger partial charge in [0.05, 0.1) is 19.8 Å². The second-order valence-corrected chi connectivity index (χ2v) is 7.50. The van der Waals surface area contributed by atoms with Crippen molar-refractivity contribution >= 4 is 0 Å². The van der Waals surface area contributed by atoms with Gasteiger partial charge >= 0.3 is 5.69 Å². The molecule has 1 aliphatic rings. The summed E-state index contributed by atoms with van der Waals surface area (Å²) in [5.74, 6) is 0.0422. The van der Waals surface area contributed by atoms with Crippen LogP contribution in [0.2, 0.25) is 0 Å². The fraction of sp³-hybridized carbons (Fsp3) is 0.524. The number of ether oxygens (including phenoxy) is 2. The van der Waals surface area contributed by atoms with Crippen molar-refractivity contribution < 1.29 is 19.0 Å². The van der Waals surface area contributed by atoms with Crippen LogP contribution in [-0.2, 0) is 11.3 Å². The number of benzene rings is 1. The topological polar surface area (TPSA) is 82.7 Å². The maximum Gasteiger partial charge on any atom is 0.333 e. The molecule has 158 valence electrons. The minimum absolute atomic E-state index is 0.0387. The molecule has 1 aromatic carbocycles. The highest BCUT2D eigenvalue weighted by Crippen LogP contribution is 2.46. The summed E-state index contributed by atoms with van der Waals surface area (Å²) in [6, 6.07) is 8.20. The van der Waals surface area contributed by atoms with Gasteiger partial charge in [-0.05, 0) is 31.0 Å². The fourth-order valence-electron chi connectivity index (χ4n) is 4.09. The first-order valence-corrected chi connectivity index (χ1v) is 9.70. The van der Waals surface area contributed by atoms with E-state index in [9.17, 15) is 14.7 Å². The minimum atomic E-state index is -1.51. The summed E-state index contributed by atoms with van der Waals surface area (Å²) in [7, 11) is 1.55. The zero-order valence-electron chi connectivity index (χ0n) is 17.0. The molecular formula is C21H27FN2O5. The number of halogens is 1. The van der Waals surface area contributed by atoms with Crippen molar-refractivity contribution in [2.45, 2.75) is 57.8 Å². The zero-order chi connectivity index (χ0) is 21.3. The lowest BCUT2D eigenvalue weighted by molar-refractivity contribution is -0.146. The number of nitrogens with zero attached hydrogens (tertiary/aromatic N) is 2. The van der Waals surface area contributed by atoms with Crippen molar-refractivity contribution in [2.24, 2.45) is 5.92 Å². The van der Waals surface area contributed by atoms with Crippen LogP contribution in [0.1, 0.15) is 39.0 Å². The van der Waals surface area contributed by atoms with Crippen LogP contribution in [0, 0.1) is 5.92 Å². The van der Waals surface area contributed by atoms with E-state index in [1.54, 1.807) is 45.2 Å². The van der Waals surface area contributed by atoms with Crippen LogP contribution >= 0.6 is 0 Å². The fourth-order valence-corrected chi connectivity index (χ4v) is 4.09. The summed E-state index contributed by atoms with van der Waals surface area (Å²) < 4.78 is 28.3. The Morgan fingerprint density at radius 1 is 1.28 bits per heavy atom. The highest BCUT2D eigenvalue weighted by atomic mass is 19.1. The Morgan fingerprint density at radius 3 is 2.45 bits per heavy atom. The molecule has 7 nitrogen and oxygen atoms in total. The summed E-state index contributed by atoms with van der Waals surface area (Å²) in [6.45, 7) is 5.07. The zero-order valence-corrected chi connectivity index (χ0v) is 17.0. The van der Waals surface area contributed by atoms with Gasteiger partial charge in [-0.2, -0.15) is 0 Å². The van der Waals surface area contributed by atoms with Crippen LogP contribution in [0.3, 0.4) is 0 Å². The second-order valence-electron chi connectivity index (χ2n) is 7.50. The number of aliphatic hydroxyl groups excluding tert-OH is 1. The average Bonchev–Trinajstić information content (AvgIpc) is 2.97. The Hall–Kier alpha value is -2.45. The highest BCUT2D eigenvalue weighted by Gasteiger charge is 2.55. The second kappa shape index (κ2) is 8.12. The monoisotopic (exact) mass is 406 g/mol. The van der Waals surface area contributed by atoms with Gasteiger partial charge in [-0.1, -0.05) is 26.0 Å². The number of alkyl halides is 1. The van der Waals surface area contributed by atoms with Crippen molar-refractivity contribution in [3.8, 4) is 5.75 Å². The molecule has 0 amide bonds. The number of aliphatic hydroxyl groups is 1. The first-order valence-electron chi connectivity index (χ1n) is 9.70. The van der Waals surface area contributed by atoms with Crippen molar-refractivity contribution in [1.29, 1.82) is 0 Å². The van der Waals surface area contributed by atoms with Crippen molar-refractivity contribution in [1.82, 2.24) is 9.13 Å². The van der Waals surface area contributed by atoms with Crippen LogP contribution in [0.4, 0.5) is 4.39 Å². The van der Waals surface area contributed by atoms with E-state index in [0.717, 1.165) is 14.7 Å². The van der Waals surface area contributed by atoms with Crippen LogP contribution in [0.25, 0.3) is 0 Å². The van der Waals surface area contributed by atoms with E-state index >= 15 is 4.39 Å². The van der Waals surface area contributed by atoms with Gasteiger partial charge < -0.3 is 14.6 Å².